The summed E-state index contributed by atoms with van der Waals surface area (Å²) in [4.78, 5) is 12.3. The highest BCUT2D eigenvalue weighted by Crippen LogP contribution is 2.20. The van der Waals surface area contributed by atoms with Gasteiger partial charge in [0.1, 0.15) is 5.82 Å². The average molecular weight is 333 g/mol. The Morgan fingerprint density at radius 3 is 2.62 bits per heavy atom. The lowest BCUT2D eigenvalue weighted by atomic mass is 10.1. The molecule has 2 rings (SSSR count). The smallest absolute Gasteiger partial charge is 0.254 e. The van der Waals surface area contributed by atoms with Crippen molar-refractivity contribution >= 4 is 5.91 Å². The van der Waals surface area contributed by atoms with Gasteiger partial charge in [-0.15, -0.1) is 0 Å². The van der Waals surface area contributed by atoms with Gasteiger partial charge in [0.05, 0.1) is 23.9 Å². The number of benzene rings is 1. The van der Waals surface area contributed by atoms with Crippen molar-refractivity contribution < 1.29 is 14.3 Å². The minimum atomic E-state index is -1.09. The van der Waals surface area contributed by atoms with Gasteiger partial charge in [-0.25, -0.2) is 4.39 Å². The molecule has 0 saturated carbocycles. The predicted octanol–water partition coefficient (Wildman–Crippen LogP) is 3.16. The number of hydrogen-bond acceptors (Lipinski definition) is 3. The Balaban J connectivity index is 2.04. The van der Waals surface area contributed by atoms with Crippen molar-refractivity contribution in [3.63, 3.8) is 0 Å². The summed E-state index contributed by atoms with van der Waals surface area (Å²) in [5, 5.41) is 17.0. The third-order valence-electron chi connectivity index (χ3n) is 4.30. The van der Waals surface area contributed by atoms with E-state index in [1.807, 2.05) is 11.6 Å². The summed E-state index contributed by atoms with van der Waals surface area (Å²) in [6.45, 7) is 5.96. The van der Waals surface area contributed by atoms with Crippen LogP contribution in [0.2, 0.25) is 0 Å². The van der Waals surface area contributed by atoms with Crippen LogP contribution in [0.4, 0.5) is 4.39 Å². The number of nitrogens with one attached hydrogen (secondary N) is 1. The molecule has 130 valence electrons. The van der Waals surface area contributed by atoms with E-state index in [0.717, 1.165) is 18.5 Å². The van der Waals surface area contributed by atoms with Crippen molar-refractivity contribution in [2.24, 2.45) is 0 Å². The van der Waals surface area contributed by atoms with Crippen LogP contribution in [-0.2, 0) is 0 Å². The van der Waals surface area contributed by atoms with Crippen LogP contribution in [0.3, 0.4) is 0 Å². The number of amides is 1. The van der Waals surface area contributed by atoms with Crippen LogP contribution in [0.5, 0.6) is 0 Å². The molecule has 24 heavy (non-hydrogen) atoms. The maximum absolute atomic E-state index is 13.6. The van der Waals surface area contributed by atoms with Crippen molar-refractivity contribution in [3.8, 4) is 0 Å². The molecule has 1 aromatic heterocycles. The fourth-order valence-electron chi connectivity index (χ4n) is 2.79. The molecule has 0 radical (unpaired) electrons. The van der Waals surface area contributed by atoms with Gasteiger partial charge in [-0.2, -0.15) is 5.10 Å². The lowest BCUT2D eigenvalue weighted by Crippen LogP contribution is -2.29. The maximum Gasteiger partial charge on any atom is 0.254 e. The van der Waals surface area contributed by atoms with Crippen molar-refractivity contribution in [2.75, 3.05) is 6.54 Å². The fourth-order valence-corrected chi connectivity index (χ4v) is 2.79. The first-order valence-electron chi connectivity index (χ1n) is 8.24. The van der Waals surface area contributed by atoms with Gasteiger partial charge in [-0.3, -0.25) is 9.48 Å². The molecular formula is C18H24FN3O2. The summed E-state index contributed by atoms with van der Waals surface area (Å²) in [6.07, 6.45) is 2.32. The number of halogens is 1. The molecule has 6 heteroatoms. The van der Waals surface area contributed by atoms with E-state index in [9.17, 15) is 14.3 Å². The first-order chi connectivity index (χ1) is 11.5. The van der Waals surface area contributed by atoms with E-state index in [4.69, 9.17) is 0 Å². The normalized spacial score (nSPS) is 12.4. The van der Waals surface area contributed by atoms with E-state index in [1.54, 1.807) is 18.3 Å². The zero-order chi connectivity index (χ0) is 17.7. The summed E-state index contributed by atoms with van der Waals surface area (Å²) >= 11 is 0. The van der Waals surface area contributed by atoms with Crippen molar-refractivity contribution in [1.29, 1.82) is 0 Å². The summed E-state index contributed by atoms with van der Waals surface area (Å²) in [6, 6.07) is 6.25. The van der Waals surface area contributed by atoms with Gasteiger partial charge in [0, 0.05) is 17.8 Å². The average Bonchev–Trinajstić information content (AvgIpc) is 2.96. The molecule has 1 aromatic carbocycles. The number of rotatable bonds is 7. The second kappa shape index (κ2) is 8.06. The fraction of sp³-hybridized carbons (Fsp3) is 0.444. The zero-order valence-electron chi connectivity index (χ0n) is 14.3. The second-order valence-corrected chi connectivity index (χ2v) is 5.81. The van der Waals surface area contributed by atoms with Crippen molar-refractivity contribution in [3.05, 3.63) is 53.1 Å². The molecule has 1 atom stereocenters. The quantitative estimate of drug-likeness (QED) is 0.818. The van der Waals surface area contributed by atoms with Gasteiger partial charge in [-0.05, 0) is 25.8 Å². The van der Waals surface area contributed by atoms with Gasteiger partial charge in [0.2, 0.25) is 0 Å². The molecule has 0 bridgehead atoms. The molecule has 0 aliphatic heterocycles. The lowest BCUT2D eigenvalue weighted by Gasteiger charge is -2.16. The van der Waals surface area contributed by atoms with Gasteiger partial charge in [0.15, 0.2) is 0 Å². The Hall–Kier alpha value is -2.21. The predicted molar refractivity (Wildman–Crippen MR) is 90.3 cm³/mol. The van der Waals surface area contributed by atoms with Gasteiger partial charge in [0.25, 0.3) is 5.91 Å². The topological polar surface area (TPSA) is 67.2 Å². The zero-order valence-corrected chi connectivity index (χ0v) is 14.3. The summed E-state index contributed by atoms with van der Waals surface area (Å²) in [5.74, 6) is -0.808. The van der Waals surface area contributed by atoms with Gasteiger partial charge >= 0.3 is 0 Å². The SMILES string of the molecule is CCC(CC)n1ncc(C(=O)NCC(O)c2ccccc2F)c1C. The Kier molecular flexibility index (Phi) is 6.09. The Bertz CT molecular complexity index is 695. The molecule has 0 aliphatic rings. The molecule has 2 N–H and O–H groups in total. The van der Waals surface area contributed by atoms with E-state index in [0.29, 0.717) is 5.56 Å². The third kappa shape index (κ3) is 3.82. The molecule has 0 aliphatic carbocycles. The summed E-state index contributed by atoms with van der Waals surface area (Å²) in [7, 11) is 0. The second-order valence-electron chi connectivity index (χ2n) is 5.81. The Labute approximate surface area is 141 Å². The van der Waals surface area contributed by atoms with E-state index in [2.05, 4.69) is 24.3 Å². The number of aliphatic hydroxyl groups is 1. The van der Waals surface area contributed by atoms with E-state index >= 15 is 0 Å². The molecule has 1 unspecified atom stereocenters. The van der Waals surface area contributed by atoms with Crippen LogP contribution in [0.1, 0.15) is 60.5 Å². The largest absolute Gasteiger partial charge is 0.386 e. The van der Waals surface area contributed by atoms with Crippen molar-refractivity contribution in [2.45, 2.75) is 45.8 Å². The molecule has 1 amide bonds. The number of hydrogen-bond donors (Lipinski definition) is 2. The van der Waals surface area contributed by atoms with Gasteiger partial charge < -0.3 is 10.4 Å². The van der Waals surface area contributed by atoms with Crippen LogP contribution in [0.15, 0.2) is 30.5 Å². The standard InChI is InChI=1S/C18H24FN3O2/c1-4-13(5-2)22-12(3)15(10-21-22)18(24)20-11-17(23)14-8-6-7-9-16(14)19/h6-10,13,17,23H,4-5,11H2,1-3H3,(H,20,24). The van der Waals surface area contributed by atoms with Crippen LogP contribution >= 0.6 is 0 Å². The Morgan fingerprint density at radius 1 is 1.33 bits per heavy atom. The van der Waals surface area contributed by atoms with E-state index in [-0.39, 0.29) is 24.1 Å². The Morgan fingerprint density at radius 2 is 2.00 bits per heavy atom. The summed E-state index contributed by atoms with van der Waals surface area (Å²) in [5.41, 5.74) is 1.44. The first-order valence-corrected chi connectivity index (χ1v) is 8.24. The molecule has 0 spiro atoms. The van der Waals surface area contributed by atoms with Gasteiger partial charge in [-0.1, -0.05) is 32.0 Å². The molecule has 2 aromatic rings. The van der Waals surface area contributed by atoms with Crippen LogP contribution in [0, 0.1) is 12.7 Å². The van der Waals surface area contributed by atoms with Crippen LogP contribution in [0.25, 0.3) is 0 Å². The number of aromatic nitrogens is 2. The number of aliphatic hydroxyl groups excluding tert-OH is 1. The van der Waals surface area contributed by atoms with E-state index < -0.39 is 11.9 Å². The molecular weight excluding hydrogens is 309 g/mol. The molecule has 0 saturated heterocycles. The monoisotopic (exact) mass is 333 g/mol. The first kappa shape index (κ1) is 18.1. The van der Waals surface area contributed by atoms with E-state index in [1.165, 1.54) is 12.1 Å². The third-order valence-corrected chi connectivity index (χ3v) is 4.30. The highest BCUT2D eigenvalue weighted by Gasteiger charge is 2.19. The summed E-state index contributed by atoms with van der Waals surface area (Å²) < 4.78 is 15.5. The minimum absolute atomic E-state index is 0.0601. The highest BCUT2D eigenvalue weighted by atomic mass is 19.1. The number of carbonyl (C=O) groups excluding carboxylic acids is 1. The van der Waals surface area contributed by atoms with Crippen LogP contribution in [-0.4, -0.2) is 27.3 Å². The number of carbonyl (C=O) groups is 1. The molecule has 5 nitrogen and oxygen atoms in total. The minimum Gasteiger partial charge on any atom is -0.386 e. The lowest BCUT2D eigenvalue weighted by molar-refractivity contribution is 0.0913. The number of nitrogens with zero attached hydrogens (tertiary/aromatic N) is 2. The van der Waals surface area contributed by atoms with Crippen LogP contribution < -0.4 is 5.32 Å². The van der Waals surface area contributed by atoms with Crippen molar-refractivity contribution in [1.82, 2.24) is 15.1 Å². The molecule has 1 heterocycles. The maximum atomic E-state index is 13.6. The highest BCUT2D eigenvalue weighted by molar-refractivity contribution is 5.95. The molecule has 0 fully saturated rings.